The third-order valence-electron chi connectivity index (χ3n) is 2.91. The molecule has 0 saturated heterocycles. The van der Waals surface area contributed by atoms with Gasteiger partial charge in [0.1, 0.15) is 23.3 Å². The fraction of sp³-hybridized carbons (Fsp3) is 0. The first-order valence-electron chi connectivity index (χ1n) is 6.20. The Kier molecular flexibility index (Phi) is 3.62. The summed E-state index contributed by atoms with van der Waals surface area (Å²) in [6, 6.07) is 1.09. The van der Waals surface area contributed by atoms with E-state index in [1.165, 1.54) is 6.33 Å². The van der Waals surface area contributed by atoms with Crippen LogP contribution in [0.5, 0.6) is 0 Å². The predicted octanol–water partition coefficient (Wildman–Crippen LogP) is 2.52. The third-order valence-corrected chi connectivity index (χ3v) is 3.11. The number of amides is 2. The average molecular weight is 337 g/mol. The molecule has 11 heteroatoms. The van der Waals surface area contributed by atoms with Gasteiger partial charge in [0.25, 0.3) is 0 Å². The molecule has 0 aliphatic rings. The SMILES string of the molecule is Nc1ccc(F)c(NC(=O)Nc2ncnc3[nH]c(=S)[nH]c23)c1F. The Hall–Kier alpha value is -3.08. The minimum Gasteiger partial charge on any atom is -0.396 e. The summed E-state index contributed by atoms with van der Waals surface area (Å²) in [4.78, 5) is 25.2. The number of H-pyrrole nitrogens is 2. The van der Waals surface area contributed by atoms with E-state index in [2.05, 4.69) is 25.3 Å². The fourth-order valence-corrected chi connectivity index (χ4v) is 2.08. The molecule has 8 nitrogen and oxygen atoms in total. The number of hydrogen-bond acceptors (Lipinski definition) is 5. The smallest absolute Gasteiger partial charge is 0.325 e. The van der Waals surface area contributed by atoms with Gasteiger partial charge in [0, 0.05) is 0 Å². The predicted molar refractivity (Wildman–Crippen MR) is 82.5 cm³/mol. The lowest BCUT2D eigenvalue weighted by Crippen LogP contribution is -2.22. The van der Waals surface area contributed by atoms with Crippen LogP contribution >= 0.6 is 12.2 Å². The number of fused-ring (bicyclic) bond motifs is 1. The van der Waals surface area contributed by atoms with E-state index in [1.807, 2.05) is 5.32 Å². The molecule has 0 fully saturated rings. The monoisotopic (exact) mass is 337 g/mol. The number of urea groups is 1. The van der Waals surface area contributed by atoms with E-state index in [0.717, 1.165) is 12.1 Å². The van der Waals surface area contributed by atoms with Crippen LogP contribution < -0.4 is 16.4 Å². The number of nitrogens with one attached hydrogen (secondary N) is 4. The first kappa shape index (κ1) is 14.8. The zero-order valence-electron chi connectivity index (χ0n) is 11.3. The van der Waals surface area contributed by atoms with Crippen LogP contribution in [0, 0.1) is 16.4 Å². The van der Waals surface area contributed by atoms with Gasteiger partial charge in [-0.15, -0.1) is 0 Å². The summed E-state index contributed by atoms with van der Waals surface area (Å²) in [5.41, 5.74) is 5.12. The summed E-state index contributed by atoms with van der Waals surface area (Å²) in [6.07, 6.45) is 1.19. The van der Waals surface area contributed by atoms with Crippen molar-refractivity contribution in [1.29, 1.82) is 0 Å². The Morgan fingerprint density at radius 3 is 2.78 bits per heavy atom. The average Bonchev–Trinajstić information content (AvgIpc) is 2.89. The molecule has 1 aromatic carbocycles. The Balaban J connectivity index is 1.88. The lowest BCUT2D eigenvalue weighted by Gasteiger charge is -2.10. The van der Waals surface area contributed by atoms with Gasteiger partial charge in [-0.3, -0.25) is 5.32 Å². The molecule has 0 bridgehead atoms. The van der Waals surface area contributed by atoms with Crippen molar-refractivity contribution >= 4 is 46.6 Å². The number of carbonyl (C=O) groups excluding carboxylic acids is 1. The second kappa shape index (κ2) is 5.61. The number of nitrogens with zero attached hydrogens (tertiary/aromatic N) is 2. The number of hydrogen-bond donors (Lipinski definition) is 5. The van der Waals surface area contributed by atoms with Gasteiger partial charge in [0.05, 0.1) is 5.69 Å². The number of benzene rings is 1. The first-order valence-corrected chi connectivity index (χ1v) is 6.61. The summed E-state index contributed by atoms with van der Waals surface area (Å²) in [7, 11) is 0. The third kappa shape index (κ3) is 2.81. The van der Waals surface area contributed by atoms with Crippen LogP contribution in [0.1, 0.15) is 0 Å². The van der Waals surface area contributed by atoms with Crippen molar-refractivity contribution in [3.63, 3.8) is 0 Å². The molecule has 3 rings (SSSR count). The highest BCUT2D eigenvalue weighted by Crippen LogP contribution is 2.24. The van der Waals surface area contributed by atoms with Gasteiger partial charge in [-0.2, -0.15) is 0 Å². The summed E-state index contributed by atoms with van der Waals surface area (Å²) in [5, 5.41) is 4.40. The van der Waals surface area contributed by atoms with Gasteiger partial charge in [-0.05, 0) is 24.4 Å². The van der Waals surface area contributed by atoms with E-state index >= 15 is 0 Å². The molecule has 0 unspecified atom stereocenters. The number of carbonyl (C=O) groups is 1. The summed E-state index contributed by atoms with van der Waals surface area (Å²) < 4.78 is 27.6. The minimum absolute atomic E-state index is 0.0876. The van der Waals surface area contributed by atoms with Crippen LogP contribution in [0.3, 0.4) is 0 Å². The number of halogens is 2. The highest BCUT2D eigenvalue weighted by molar-refractivity contribution is 7.71. The van der Waals surface area contributed by atoms with Crippen molar-refractivity contribution in [2.24, 2.45) is 0 Å². The Labute approximate surface area is 132 Å². The highest BCUT2D eigenvalue weighted by Gasteiger charge is 2.16. The molecule has 0 aliphatic carbocycles. The van der Waals surface area contributed by atoms with Crippen molar-refractivity contribution in [3.8, 4) is 0 Å². The molecule has 2 amide bonds. The molecule has 118 valence electrons. The molecule has 0 aliphatic heterocycles. The van der Waals surface area contributed by atoms with Crippen molar-refractivity contribution < 1.29 is 13.6 Å². The van der Waals surface area contributed by atoms with Crippen molar-refractivity contribution in [1.82, 2.24) is 19.9 Å². The Morgan fingerprint density at radius 2 is 2.00 bits per heavy atom. The molecular formula is C12H9F2N7OS. The topological polar surface area (TPSA) is 125 Å². The molecule has 2 aromatic heterocycles. The fourth-order valence-electron chi connectivity index (χ4n) is 1.88. The molecule has 0 saturated carbocycles. The van der Waals surface area contributed by atoms with Gasteiger partial charge < -0.3 is 21.0 Å². The number of rotatable bonds is 2. The second-order valence-electron chi connectivity index (χ2n) is 4.43. The number of aromatic nitrogens is 4. The van der Waals surface area contributed by atoms with Crippen molar-refractivity contribution in [2.45, 2.75) is 0 Å². The lowest BCUT2D eigenvalue weighted by atomic mass is 10.2. The van der Waals surface area contributed by atoms with Crippen LogP contribution in [0.4, 0.5) is 30.8 Å². The Bertz CT molecular complexity index is 968. The van der Waals surface area contributed by atoms with E-state index in [0.29, 0.717) is 11.2 Å². The van der Waals surface area contributed by atoms with Gasteiger partial charge in [0.2, 0.25) is 0 Å². The van der Waals surface area contributed by atoms with Gasteiger partial charge in [-0.1, -0.05) is 0 Å². The molecule has 23 heavy (non-hydrogen) atoms. The zero-order chi connectivity index (χ0) is 16.6. The molecule has 0 atom stereocenters. The quantitative estimate of drug-likeness (QED) is 0.363. The molecule has 0 spiro atoms. The number of aromatic amines is 2. The van der Waals surface area contributed by atoms with E-state index in [-0.39, 0.29) is 16.3 Å². The molecule has 2 heterocycles. The maximum absolute atomic E-state index is 13.8. The molecule has 6 N–H and O–H groups in total. The normalized spacial score (nSPS) is 10.7. The van der Waals surface area contributed by atoms with Gasteiger partial charge in [-0.25, -0.2) is 23.5 Å². The second-order valence-corrected chi connectivity index (χ2v) is 4.84. The maximum atomic E-state index is 13.8. The van der Waals surface area contributed by atoms with Crippen LogP contribution in [0.15, 0.2) is 18.5 Å². The summed E-state index contributed by atoms with van der Waals surface area (Å²) in [6.45, 7) is 0. The number of nitrogens with two attached hydrogens (primary N) is 1. The summed E-state index contributed by atoms with van der Waals surface area (Å²) >= 11 is 4.92. The van der Waals surface area contributed by atoms with E-state index in [4.69, 9.17) is 18.0 Å². The minimum atomic E-state index is -1.06. The number of imidazole rings is 1. The van der Waals surface area contributed by atoms with Crippen LogP contribution in [0.2, 0.25) is 0 Å². The van der Waals surface area contributed by atoms with Crippen LogP contribution in [-0.4, -0.2) is 26.0 Å². The maximum Gasteiger partial charge on any atom is 0.325 e. The van der Waals surface area contributed by atoms with Gasteiger partial charge >= 0.3 is 6.03 Å². The largest absolute Gasteiger partial charge is 0.396 e. The van der Waals surface area contributed by atoms with E-state index in [1.54, 1.807) is 0 Å². The molecular weight excluding hydrogens is 328 g/mol. The Morgan fingerprint density at radius 1 is 1.22 bits per heavy atom. The highest BCUT2D eigenvalue weighted by atomic mass is 32.1. The summed E-state index contributed by atoms with van der Waals surface area (Å²) in [5.74, 6) is -1.93. The molecule has 0 radical (unpaired) electrons. The zero-order valence-corrected chi connectivity index (χ0v) is 12.1. The number of anilines is 3. The van der Waals surface area contributed by atoms with E-state index in [9.17, 15) is 13.6 Å². The van der Waals surface area contributed by atoms with Crippen molar-refractivity contribution in [3.05, 3.63) is 34.9 Å². The number of nitrogen functional groups attached to an aromatic ring is 1. The van der Waals surface area contributed by atoms with Gasteiger partial charge in [0.15, 0.2) is 22.1 Å². The van der Waals surface area contributed by atoms with Crippen LogP contribution in [0.25, 0.3) is 11.2 Å². The van der Waals surface area contributed by atoms with E-state index < -0.39 is 23.4 Å². The lowest BCUT2D eigenvalue weighted by molar-refractivity contribution is 0.262. The molecule has 3 aromatic rings. The van der Waals surface area contributed by atoms with Crippen LogP contribution in [-0.2, 0) is 0 Å². The standard InChI is InChI=1S/C12H9F2N7OS/c13-4-1-2-5(15)6(14)7(4)18-11(22)20-9-8-10(17-3-16-9)21-12(23)19-8/h1-3H,15H2,(H4,16,17,18,19,20,21,22,23). The first-order chi connectivity index (χ1) is 11.0. The van der Waals surface area contributed by atoms with Crippen molar-refractivity contribution in [2.75, 3.05) is 16.4 Å².